The van der Waals surface area contributed by atoms with Gasteiger partial charge in [-0.15, -0.1) is 0 Å². The Labute approximate surface area is 112 Å². The molecule has 0 bridgehead atoms. The number of anilines is 1. The summed E-state index contributed by atoms with van der Waals surface area (Å²) < 4.78 is 52.8. The van der Waals surface area contributed by atoms with Crippen LogP contribution in [-0.4, -0.2) is 31.5 Å². The van der Waals surface area contributed by atoms with E-state index in [-0.39, 0.29) is 0 Å². The lowest BCUT2D eigenvalue weighted by atomic mass is 10.2. The van der Waals surface area contributed by atoms with Gasteiger partial charge >= 0.3 is 12.3 Å². The van der Waals surface area contributed by atoms with E-state index in [1.165, 1.54) is 24.3 Å². The Bertz CT molecular complexity index is 497. The van der Waals surface area contributed by atoms with E-state index in [9.17, 15) is 22.4 Å². The first-order valence-electron chi connectivity index (χ1n) is 5.39. The third-order valence-electron chi connectivity index (χ3n) is 2.14. The summed E-state index contributed by atoms with van der Waals surface area (Å²) in [4.78, 5) is 11.3. The first kappa shape index (κ1) is 15.9. The zero-order chi connectivity index (χ0) is 15.2. The molecule has 108 valence electrons. The van der Waals surface area contributed by atoms with Crippen molar-refractivity contribution in [3.05, 3.63) is 29.8 Å². The Morgan fingerprint density at radius 2 is 1.95 bits per heavy atom. The molecule has 0 aliphatic rings. The molecule has 8 heteroatoms. The largest absolute Gasteiger partial charge is 0.365 e. The van der Waals surface area contributed by atoms with Crippen LogP contribution >= 0.6 is 0 Å². The van der Waals surface area contributed by atoms with Gasteiger partial charge < -0.3 is 10.1 Å². The van der Waals surface area contributed by atoms with E-state index in [0.717, 1.165) is 0 Å². The van der Waals surface area contributed by atoms with Crippen molar-refractivity contribution in [2.45, 2.75) is 12.3 Å². The Balaban J connectivity index is 2.39. The second-order valence-electron chi connectivity index (χ2n) is 3.79. The summed E-state index contributed by atoms with van der Waals surface area (Å²) in [5.74, 6) is -5.05. The molecule has 0 radical (unpaired) electrons. The average Bonchev–Trinajstić information content (AvgIpc) is 2.39. The minimum atomic E-state index is -4.28. The van der Waals surface area contributed by atoms with Crippen molar-refractivity contribution < 1.29 is 27.1 Å². The number of hydrogen-bond donors (Lipinski definition) is 1. The van der Waals surface area contributed by atoms with E-state index in [1.807, 2.05) is 6.07 Å². The summed E-state index contributed by atoms with van der Waals surface area (Å²) >= 11 is 0. The molecule has 0 heterocycles. The molecule has 0 atom stereocenters. The monoisotopic (exact) mass is 290 g/mol. The van der Waals surface area contributed by atoms with Gasteiger partial charge in [-0.1, -0.05) is 0 Å². The lowest BCUT2D eigenvalue weighted by Gasteiger charge is -2.14. The third kappa shape index (κ3) is 4.85. The van der Waals surface area contributed by atoms with E-state index in [4.69, 9.17) is 5.26 Å². The third-order valence-corrected chi connectivity index (χ3v) is 2.14. The van der Waals surface area contributed by atoms with Crippen molar-refractivity contribution in [1.29, 1.82) is 5.26 Å². The predicted molar refractivity (Wildman–Crippen MR) is 61.6 cm³/mol. The van der Waals surface area contributed by atoms with Gasteiger partial charge in [-0.05, 0) is 24.3 Å². The van der Waals surface area contributed by atoms with E-state index in [0.29, 0.717) is 11.3 Å². The van der Waals surface area contributed by atoms with Gasteiger partial charge in [-0.2, -0.15) is 14.0 Å². The highest BCUT2D eigenvalue weighted by Crippen LogP contribution is 2.22. The highest BCUT2D eigenvalue weighted by atomic mass is 19.3. The van der Waals surface area contributed by atoms with Crippen molar-refractivity contribution in [3.8, 4) is 6.07 Å². The number of hydrogen-bond acceptors (Lipinski definition) is 3. The van der Waals surface area contributed by atoms with Crippen LogP contribution in [0.3, 0.4) is 0 Å². The number of alkyl halides is 4. The van der Waals surface area contributed by atoms with Crippen LogP contribution in [0.2, 0.25) is 0 Å². The van der Waals surface area contributed by atoms with Crippen LogP contribution in [0.1, 0.15) is 5.56 Å². The molecular formula is C12H10F4N2O2. The van der Waals surface area contributed by atoms with Crippen LogP contribution in [0.4, 0.5) is 23.2 Å². The molecule has 1 N–H and O–H groups in total. The summed E-state index contributed by atoms with van der Waals surface area (Å²) in [5, 5.41) is 10.9. The number of ether oxygens (including phenoxy) is 1. The standard InChI is InChI=1S/C12H10F4N2O2/c13-11(14)12(15,16)7-20-6-10(19)18-9-3-1-8(5-17)2-4-9/h1-4,11H,6-7H2,(H,18,19). The fourth-order valence-corrected chi connectivity index (χ4v) is 1.17. The van der Waals surface area contributed by atoms with Crippen molar-refractivity contribution in [2.75, 3.05) is 18.5 Å². The average molecular weight is 290 g/mol. The van der Waals surface area contributed by atoms with Crippen LogP contribution in [0, 0.1) is 11.3 Å². The molecule has 1 amide bonds. The number of nitriles is 1. The van der Waals surface area contributed by atoms with Crippen LogP contribution in [0.25, 0.3) is 0 Å². The van der Waals surface area contributed by atoms with Gasteiger partial charge in [0.1, 0.15) is 13.2 Å². The fraction of sp³-hybridized carbons (Fsp3) is 0.333. The Morgan fingerprint density at radius 1 is 1.35 bits per heavy atom. The molecule has 4 nitrogen and oxygen atoms in total. The maximum Gasteiger partial charge on any atom is 0.330 e. The summed E-state index contributed by atoms with van der Waals surface area (Å²) in [6.45, 7) is -2.31. The maximum atomic E-state index is 12.5. The number of nitrogens with zero attached hydrogens (tertiary/aromatic N) is 1. The molecule has 0 aliphatic carbocycles. The molecule has 0 fully saturated rings. The van der Waals surface area contributed by atoms with Crippen LogP contribution < -0.4 is 5.32 Å². The van der Waals surface area contributed by atoms with Gasteiger partial charge in [0.2, 0.25) is 5.91 Å². The molecule has 0 saturated heterocycles. The lowest BCUT2D eigenvalue weighted by Crippen LogP contribution is -2.33. The van der Waals surface area contributed by atoms with Crippen LogP contribution in [0.5, 0.6) is 0 Å². The molecule has 0 saturated carbocycles. The van der Waals surface area contributed by atoms with Crippen LogP contribution in [0.15, 0.2) is 24.3 Å². The van der Waals surface area contributed by atoms with E-state index in [2.05, 4.69) is 10.1 Å². The second-order valence-corrected chi connectivity index (χ2v) is 3.79. The quantitative estimate of drug-likeness (QED) is 0.818. The molecule has 1 aromatic rings. The molecule has 0 aromatic heterocycles. The summed E-state index contributed by atoms with van der Waals surface area (Å²) in [5.41, 5.74) is 0.717. The molecular weight excluding hydrogens is 280 g/mol. The molecule has 1 aromatic carbocycles. The Hall–Kier alpha value is -2.14. The number of amides is 1. The minimum absolute atomic E-state index is 0.332. The van der Waals surface area contributed by atoms with Crippen molar-refractivity contribution in [1.82, 2.24) is 0 Å². The van der Waals surface area contributed by atoms with E-state index < -0.39 is 31.5 Å². The topological polar surface area (TPSA) is 62.1 Å². The van der Waals surface area contributed by atoms with Gasteiger partial charge in [0, 0.05) is 5.69 Å². The molecule has 1 rings (SSSR count). The lowest BCUT2D eigenvalue weighted by molar-refractivity contribution is -0.167. The van der Waals surface area contributed by atoms with Gasteiger partial charge in [0.15, 0.2) is 0 Å². The predicted octanol–water partition coefficient (Wildman–Crippen LogP) is 2.41. The van der Waals surface area contributed by atoms with Gasteiger partial charge in [-0.25, -0.2) is 8.78 Å². The van der Waals surface area contributed by atoms with Gasteiger partial charge in [0.05, 0.1) is 11.6 Å². The highest BCUT2D eigenvalue weighted by Gasteiger charge is 2.41. The van der Waals surface area contributed by atoms with Gasteiger partial charge in [-0.3, -0.25) is 4.79 Å². The molecule has 0 unspecified atom stereocenters. The maximum absolute atomic E-state index is 12.5. The summed E-state index contributed by atoms with van der Waals surface area (Å²) in [6.07, 6.45) is -3.84. The molecule has 20 heavy (non-hydrogen) atoms. The number of halogens is 4. The van der Waals surface area contributed by atoms with E-state index >= 15 is 0 Å². The zero-order valence-electron chi connectivity index (χ0n) is 10.1. The van der Waals surface area contributed by atoms with Crippen LogP contribution in [-0.2, 0) is 9.53 Å². The number of carbonyl (C=O) groups is 1. The first-order chi connectivity index (χ1) is 9.35. The zero-order valence-corrected chi connectivity index (χ0v) is 10.1. The van der Waals surface area contributed by atoms with Crippen molar-refractivity contribution >= 4 is 11.6 Å². The number of benzene rings is 1. The van der Waals surface area contributed by atoms with Crippen molar-refractivity contribution in [2.24, 2.45) is 0 Å². The Morgan fingerprint density at radius 3 is 2.45 bits per heavy atom. The molecule has 0 spiro atoms. The minimum Gasteiger partial charge on any atom is -0.365 e. The number of rotatable bonds is 6. The van der Waals surface area contributed by atoms with Gasteiger partial charge in [0.25, 0.3) is 0 Å². The normalized spacial score (nSPS) is 11.2. The Kier molecular flexibility index (Phi) is 5.46. The first-order valence-corrected chi connectivity index (χ1v) is 5.39. The number of nitrogens with one attached hydrogen (secondary N) is 1. The summed E-state index contributed by atoms with van der Waals surface area (Å²) in [6, 6.07) is 7.64. The highest BCUT2D eigenvalue weighted by molar-refractivity contribution is 5.91. The summed E-state index contributed by atoms with van der Waals surface area (Å²) in [7, 11) is 0. The number of carbonyl (C=O) groups excluding carboxylic acids is 1. The molecule has 0 aliphatic heterocycles. The second kappa shape index (κ2) is 6.86. The SMILES string of the molecule is N#Cc1ccc(NC(=O)COCC(F)(F)C(F)F)cc1. The van der Waals surface area contributed by atoms with Crippen molar-refractivity contribution in [3.63, 3.8) is 0 Å². The fourth-order valence-electron chi connectivity index (χ4n) is 1.17. The smallest absolute Gasteiger partial charge is 0.330 e. The van der Waals surface area contributed by atoms with E-state index in [1.54, 1.807) is 0 Å².